The van der Waals surface area contributed by atoms with Crippen molar-refractivity contribution in [2.45, 2.75) is 13.3 Å². The maximum atomic E-state index is 10.5. The van der Waals surface area contributed by atoms with E-state index < -0.39 is 0 Å². The van der Waals surface area contributed by atoms with Gasteiger partial charge in [0.2, 0.25) is 0 Å². The van der Waals surface area contributed by atoms with E-state index in [2.05, 4.69) is 0 Å². The minimum Gasteiger partial charge on any atom is -0.298 e. The Bertz CT molecular complexity index is 341. The Morgan fingerprint density at radius 1 is 1.62 bits per heavy atom. The molecular weight excluding hydrogens is 227 g/mol. The molecule has 0 atom stereocenters. The van der Waals surface area contributed by atoms with Crippen molar-refractivity contribution >= 4 is 46.9 Å². The van der Waals surface area contributed by atoms with Crippen molar-refractivity contribution in [2.75, 3.05) is 0 Å². The Labute approximate surface area is 91.0 Å². The second-order valence-electron chi connectivity index (χ2n) is 2.47. The van der Waals surface area contributed by atoms with Crippen molar-refractivity contribution in [3.8, 4) is 0 Å². The van der Waals surface area contributed by atoms with Gasteiger partial charge in [0, 0.05) is 5.56 Å². The molecule has 0 N–H and O–H groups in total. The third kappa shape index (κ3) is 2.83. The molecule has 0 amide bonds. The minimum absolute atomic E-state index is 0.623. The van der Waals surface area contributed by atoms with Gasteiger partial charge in [-0.2, -0.15) is 0 Å². The molecule has 1 nitrogen and oxygen atoms in total. The van der Waals surface area contributed by atoms with Crippen LogP contribution >= 0.6 is 34.5 Å². The monoisotopic (exact) mass is 234 g/mol. The average molecular weight is 235 g/mol. The van der Waals surface area contributed by atoms with Crippen LogP contribution in [0.15, 0.2) is 11.6 Å². The molecule has 0 radical (unpaired) electrons. The lowest BCUT2D eigenvalue weighted by atomic mass is 10.1. The van der Waals surface area contributed by atoms with Gasteiger partial charge in [-0.15, -0.1) is 11.3 Å². The van der Waals surface area contributed by atoms with Crippen LogP contribution in [0.2, 0.25) is 8.67 Å². The molecule has 0 saturated carbocycles. The highest BCUT2D eigenvalue weighted by atomic mass is 35.5. The highest BCUT2D eigenvalue weighted by molar-refractivity contribution is 7.20. The maximum Gasteiger partial charge on any atom is 0.146 e. The second kappa shape index (κ2) is 4.80. The molecule has 0 aliphatic heterocycles. The topological polar surface area (TPSA) is 17.1 Å². The van der Waals surface area contributed by atoms with Crippen LogP contribution in [0.3, 0.4) is 0 Å². The van der Waals surface area contributed by atoms with E-state index in [-0.39, 0.29) is 0 Å². The van der Waals surface area contributed by atoms with Crippen molar-refractivity contribution in [2.24, 2.45) is 0 Å². The normalized spacial score (nSPS) is 11.8. The number of allylic oxidation sites excluding steroid dienone is 1. The van der Waals surface area contributed by atoms with E-state index in [0.29, 0.717) is 15.1 Å². The summed E-state index contributed by atoms with van der Waals surface area (Å²) >= 11 is 12.9. The van der Waals surface area contributed by atoms with Gasteiger partial charge in [-0.1, -0.05) is 30.1 Å². The summed E-state index contributed by atoms with van der Waals surface area (Å²) in [5.41, 5.74) is 1.54. The third-order valence-corrected chi connectivity index (χ3v) is 3.10. The number of hydrogen-bond acceptors (Lipinski definition) is 2. The molecule has 13 heavy (non-hydrogen) atoms. The predicted octanol–water partition coefficient (Wildman–Crippen LogP) is 4.05. The van der Waals surface area contributed by atoms with Crippen LogP contribution in [0.4, 0.5) is 0 Å². The van der Waals surface area contributed by atoms with Gasteiger partial charge in [0.15, 0.2) is 0 Å². The van der Waals surface area contributed by atoms with Crippen LogP contribution in [-0.2, 0) is 4.79 Å². The number of thiophene rings is 1. The molecule has 70 valence electrons. The summed E-state index contributed by atoms with van der Waals surface area (Å²) in [5.74, 6) is 0. The standard InChI is InChI=1S/C9H8Cl2OS/c1-2-6(5-12)3-7-4-8(10)13-9(7)11/h3-5H,2H2,1H3/b6-3-. The Balaban J connectivity index is 3.01. The lowest BCUT2D eigenvalue weighted by Gasteiger charge is -1.92. The first kappa shape index (κ1) is 10.8. The predicted molar refractivity (Wildman–Crippen MR) is 58.7 cm³/mol. The second-order valence-corrected chi connectivity index (χ2v) is 4.76. The van der Waals surface area contributed by atoms with E-state index in [1.54, 1.807) is 12.1 Å². The molecule has 0 fully saturated rings. The smallest absolute Gasteiger partial charge is 0.146 e. The Morgan fingerprint density at radius 3 is 2.69 bits per heavy atom. The average Bonchev–Trinajstić information content (AvgIpc) is 2.41. The van der Waals surface area contributed by atoms with Gasteiger partial charge >= 0.3 is 0 Å². The van der Waals surface area contributed by atoms with Gasteiger partial charge in [0.05, 0.1) is 4.34 Å². The van der Waals surface area contributed by atoms with Gasteiger partial charge in [0.1, 0.15) is 10.6 Å². The summed E-state index contributed by atoms with van der Waals surface area (Å²) in [7, 11) is 0. The molecule has 0 aliphatic rings. The molecular formula is C9H8Cl2OS. The number of carbonyl (C=O) groups excluding carboxylic acids is 1. The summed E-state index contributed by atoms with van der Waals surface area (Å²) < 4.78 is 1.26. The largest absolute Gasteiger partial charge is 0.298 e. The molecule has 1 heterocycles. The lowest BCUT2D eigenvalue weighted by molar-refractivity contribution is -0.104. The first-order valence-corrected chi connectivity index (χ1v) is 5.35. The first-order valence-electron chi connectivity index (χ1n) is 3.78. The van der Waals surface area contributed by atoms with Crippen LogP contribution in [0.25, 0.3) is 6.08 Å². The minimum atomic E-state index is 0.623. The number of hydrogen-bond donors (Lipinski definition) is 0. The number of rotatable bonds is 3. The van der Waals surface area contributed by atoms with Crippen molar-refractivity contribution in [1.29, 1.82) is 0 Å². The number of aldehydes is 1. The molecule has 0 aliphatic carbocycles. The van der Waals surface area contributed by atoms with Gasteiger partial charge in [-0.25, -0.2) is 0 Å². The molecule has 0 saturated heterocycles. The third-order valence-electron chi connectivity index (χ3n) is 1.58. The van der Waals surface area contributed by atoms with Crippen LogP contribution < -0.4 is 0 Å². The van der Waals surface area contributed by atoms with E-state index in [1.807, 2.05) is 6.92 Å². The van der Waals surface area contributed by atoms with Gasteiger partial charge in [-0.05, 0) is 24.1 Å². The van der Waals surface area contributed by atoms with Gasteiger partial charge < -0.3 is 0 Å². The Kier molecular flexibility index (Phi) is 3.97. The summed E-state index contributed by atoms with van der Waals surface area (Å²) in [5, 5.41) is 0. The molecule has 4 heteroatoms. The quantitative estimate of drug-likeness (QED) is 0.570. The van der Waals surface area contributed by atoms with Crippen molar-refractivity contribution in [3.05, 3.63) is 25.9 Å². The molecule has 0 bridgehead atoms. The Hall–Kier alpha value is -0.310. The highest BCUT2D eigenvalue weighted by Crippen LogP contribution is 2.32. The zero-order valence-corrected chi connectivity index (χ0v) is 9.34. The van der Waals surface area contributed by atoms with Crippen molar-refractivity contribution < 1.29 is 4.79 Å². The van der Waals surface area contributed by atoms with E-state index >= 15 is 0 Å². The summed E-state index contributed by atoms with van der Waals surface area (Å²) in [4.78, 5) is 10.5. The van der Waals surface area contributed by atoms with Gasteiger partial charge in [-0.3, -0.25) is 4.79 Å². The fourth-order valence-electron chi connectivity index (χ4n) is 0.871. The van der Waals surface area contributed by atoms with E-state index in [9.17, 15) is 4.79 Å². The van der Waals surface area contributed by atoms with Crippen molar-refractivity contribution in [3.63, 3.8) is 0 Å². The first-order chi connectivity index (χ1) is 6.17. The molecule has 0 spiro atoms. The maximum absolute atomic E-state index is 10.5. The van der Waals surface area contributed by atoms with Crippen LogP contribution in [0.5, 0.6) is 0 Å². The summed E-state index contributed by atoms with van der Waals surface area (Å²) in [6.45, 7) is 1.92. The van der Waals surface area contributed by atoms with Crippen LogP contribution in [-0.4, -0.2) is 6.29 Å². The molecule has 1 rings (SSSR count). The zero-order chi connectivity index (χ0) is 9.84. The van der Waals surface area contributed by atoms with Crippen LogP contribution in [0, 0.1) is 0 Å². The number of carbonyl (C=O) groups is 1. The zero-order valence-electron chi connectivity index (χ0n) is 7.01. The van der Waals surface area contributed by atoms with E-state index in [4.69, 9.17) is 23.2 Å². The van der Waals surface area contributed by atoms with Gasteiger partial charge in [0.25, 0.3) is 0 Å². The summed E-state index contributed by atoms with van der Waals surface area (Å²) in [6, 6.07) is 1.76. The van der Waals surface area contributed by atoms with E-state index in [0.717, 1.165) is 17.4 Å². The van der Waals surface area contributed by atoms with E-state index in [1.165, 1.54) is 11.3 Å². The molecule has 0 unspecified atom stereocenters. The van der Waals surface area contributed by atoms with Crippen molar-refractivity contribution in [1.82, 2.24) is 0 Å². The Morgan fingerprint density at radius 2 is 2.31 bits per heavy atom. The molecule has 0 aromatic carbocycles. The number of halogens is 2. The van der Waals surface area contributed by atoms with Crippen LogP contribution in [0.1, 0.15) is 18.9 Å². The SMILES string of the molecule is CC/C(C=O)=C/c1cc(Cl)sc1Cl. The summed E-state index contributed by atoms with van der Waals surface area (Å²) in [6.07, 6.45) is 3.30. The molecule has 1 aromatic rings. The highest BCUT2D eigenvalue weighted by Gasteiger charge is 2.03. The fourth-order valence-corrected chi connectivity index (χ4v) is 2.29. The fraction of sp³-hybridized carbons (Fsp3) is 0.222. The lowest BCUT2D eigenvalue weighted by Crippen LogP contribution is -1.80. The molecule has 1 aromatic heterocycles.